The number of benzene rings is 2. The van der Waals surface area contributed by atoms with Gasteiger partial charge in [-0.2, -0.15) is 0 Å². The van der Waals surface area contributed by atoms with Crippen molar-refractivity contribution in [1.82, 2.24) is 4.98 Å². The molecule has 0 atom stereocenters. The molecule has 3 aromatic rings. The lowest BCUT2D eigenvalue weighted by Crippen LogP contribution is -2.35. The van der Waals surface area contributed by atoms with Gasteiger partial charge in [-0.15, -0.1) is 0 Å². The van der Waals surface area contributed by atoms with Gasteiger partial charge in [0, 0.05) is 6.54 Å². The van der Waals surface area contributed by atoms with Crippen LogP contribution in [-0.4, -0.2) is 19.9 Å². The average molecular weight is 346 g/mol. The van der Waals surface area contributed by atoms with E-state index in [-0.39, 0.29) is 9.77 Å². The number of nitrogens with one attached hydrogen (secondary N) is 1. The van der Waals surface area contributed by atoms with E-state index in [4.69, 9.17) is 0 Å². The second-order valence-corrected chi connectivity index (χ2v) is 8.36. The molecule has 0 radical (unpaired) electrons. The maximum absolute atomic E-state index is 13.0. The Balaban J connectivity index is 1.85. The van der Waals surface area contributed by atoms with E-state index in [9.17, 15) is 13.2 Å². The minimum absolute atomic E-state index is 0.183. The number of aromatic nitrogens is 1. The smallest absolute Gasteiger partial charge is 0.305 e. The van der Waals surface area contributed by atoms with Gasteiger partial charge >= 0.3 is 4.87 Å². The molecular weight excluding hydrogens is 332 g/mol. The first kappa shape index (κ1) is 14.5. The van der Waals surface area contributed by atoms with Crippen LogP contribution in [0.3, 0.4) is 0 Å². The van der Waals surface area contributed by atoms with Gasteiger partial charge in [-0.1, -0.05) is 29.5 Å². The summed E-state index contributed by atoms with van der Waals surface area (Å²) in [4.78, 5) is 14.1. The Kier molecular flexibility index (Phi) is 3.28. The number of H-pyrrole nitrogens is 1. The highest BCUT2D eigenvalue weighted by atomic mass is 32.2. The molecule has 23 heavy (non-hydrogen) atoms. The molecule has 1 aromatic heterocycles. The van der Waals surface area contributed by atoms with E-state index in [0.717, 1.165) is 35.4 Å². The molecule has 2 aromatic carbocycles. The molecule has 7 heteroatoms. The highest BCUT2D eigenvalue weighted by Gasteiger charge is 2.29. The third-order valence-electron chi connectivity index (χ3n) is 4.05. The molecule has 118 valence electrons. The highest BCUT2D eigenvalue weighted by molar-refractivity contribution is 7.92. The molecule has 0 spiro atoms. The van der Waals surface area contributed by atoms with E-state index >= 15 is 0 Å². The normalized spacial score (nSPS) is 14.9. The number of fused-ring (bicyclic) bond motifs is 2. The monoisotopic (exact) mass is 346 g/mol. The first-order chi connectivity index (χ1) is 11.1. The van der Waals surface area contributed by atoms with Gasteiger partial charge in [-0.25, -0.2) is 8.42 Å². The summed E-state index contributed by atoms with van der Waals surface area (Å²) in [7, 11) is -3.63. The van der Waals surface area contributed by atoms with Gasteiger partial charge in [0.2, 0.25) is 0 Å². The van der Waals surface area contributed by atoms with Crippen LogP contribution >= 0.6 is 11.3 Å². The quantitative estimate of drug-likeness (QED) is 0.776. The Morgan fingerprint density at radius 2 is 1.96 bits per heavy atom. The minimum Gasteiger partial charge on any atom is -0.312 e. The fraction of sp³-hybridized carbons (Fsp3) is 0.188. The van der Waals surface area contributed by atoms with Crippen LogP contribution in [0.25, 0.3) is 10.2 Å². The minimum atomic E-state index is -3.63. The molecule has 0 unspecified atom stereocenters. The summed E-state index contributed by atoms with van der Waals surface area (Å²) in [5, 5.41) is 0. The lowest BCUT2D eigenvalue weighted by Gasteiger charge is -2.30. The SMILES string of the molecule is O=c1[nH]c2ccc(S(=O)(=O)N3CCCc4ccccc43)cc2s1. The van der Waals surface area contributed by atoms with E-state index < -0.39 is 10.0 Å². The van der Waals surface area contributed by atoms with E-state index in [1.807, 2.05) is 24.3 Å². The Hall–Kier alpha value is -2.12. The average Bonchev–Trinajstić information content (AvgIpc) is 2.93. The Morgan fingerprint density at radius 1 is 1.13 bits per heavy atom. The first-order valence-electron chi connectivity index (χ1n) is 7.29. The molecule has 0 fully saturated rings. The van der Waals surface area contributed by atoms with Crippen molar-refractivity contribution >= 4 is 37.3 Å². The summed E-state index contributed by atoms with van der Waals surface area (Å²) in [5.74, 6) is 0. The molecular formula is C16H14N2O3S2. The summed E-state index contributed by atoms with van der Waals surface area (Å²) in [6, 6.07) is 12.4. The molecule has 0 aliphatic carbocycles. The van der Waals surface area contributed by atoms with Crippen molar-refractivity contribution < 1.29 is 8.42 Å². The molecule has 0 amide bonds. The van der Waals surface area contributed by atoms with Crippen molar-refractivity contribution in [3.05, 3.63) is 57.7 Å². The number of sulfonamides is 1. The molecule has 0 saturated heterocycles. The molecule has 1 aliphatic heterocycles. The van der Waals surface area contributed by atoms with Crippen molar-refractivity contribution in [2.24, 2.45) is 0 Å². The third kappa shape index (κ3) is 2.36. The topological polar surface area (TPSA) is 70.2 Å². The molecule has 1 N–H and O–H groups in total. The first-order valence-corrected chi connectivity index (χ1v) is 9.55. The maximum Gasteiger partial charge on any atom is 0.305 e. The van der Waals surface area contributed by atoms with Crippen LogP contribution in [-0.2, 0) is 16.4 Å². The van der Waals surface area contributed by atoms with Gasteiger partial charge in [-0.3, -0.25) is 9.10 Å². The van der Waals surface area contributed by atoms with Crippen LogP contribution in [0.2, 0.25) is 0 Å². The standard InChI is InChI=1S/C16H14N2O3S2/c19-16-17-13-8-7-12(10-15(13)22-16)23(20,21)18-9-3-5-11-4-1-2-6-14(11)18/h1-2,4,6-8,10H,3,5,9H2,(H,17,19). The molecule has 1 aliphatic rings. The lowest BCUT2D eigenvalue weighted by atomic mass is 10.0. The summed E-state index contributed by atoms with van der Waals surface area (Å²) in [5.41, 5.74) is 2.47. The zero-order chi connectivity index (χ0) is 16.0. The van der Waals surface area contributed by atoms with E-state index in [1.165, 1.54) is 4.31 Å². The predicted molar refractivity (Wildman–Crippen MR) is 91.7 cm³/mol. The second kappa shape index (κ2) is 5.21. The number of aryl methyl sites for hydroxylation is 1. The zero-order valence-corrected chi connectivity index (χ0v) is 13.8. The number of anilines is 1. The van der Waals surface area contributed by atoms with E-state index in [0.29, 0.717) is 16.8 Å². The van der Waals surface area contributed by atoms with Crippen molar-refractivity contribution in [1.29, 1.82) is 0 Å². The van der Waals surface area contributed by atoms with E-state index in [2.05, 4.69) is 4.98 Å². The number of nitrogens with zero attached hydrogens (tertiary/aromatic N) is 1. The molecule has 2 heterocycles. The maximum atomic E-state index is 13.0. The van der Waals surface area contributed by atoms with Crippen molar-refractivity contribution in [2.45, 2.75) is 17.7 Å². The fourth-order valence-corrected chi connectivity index (χ4v) is 5.38. The van der Waals surface area contributed by atoms with Gasteiger partial charge in [0.05, 0.1) is 20.8 Å². The Labute approximate surface area is 137 Å². The van der Waals surface area contributed by atoms with Crippen LogP contribution in [0.5, 0.6) is 0 Å². The number of rotatable bonds is 2. The number of hydrogen-bond acceptors (Lipinski definition) is 4. The molecule has 5 nitrogen and oxygen atoms in total. The van der Waals surface area contributed by atoms with Crippen LogP contribution in [0.15, 0.2) is 52.2 Å². The predicted octanol–water partition coefficient (Wildman–Crippen LogP) is 2.73. The number of hydrogen-bond donors (Lipinski definition) is 1. The Morgan fingerprint density at radius 3 is 2.83 bits per heavy atom. The van der Waals surface area contributed by atoms with Gasteiger partial charge in [0.25, 0.3) is 10.0 Å². The van der Waals surface area contributed by atoms with E-state index in [1.54, 1.807) is 18.2 Å². The summed E-state index contributed by atoms with van der Waals surface area (Å²) in [6.07, 6.45) is 1.69. The number of thiazole rings is 1. The van der Waals surface area contributed by atoms with Crippen molar-refractivity contribution in [3.63, 3.8) is 0 Å². The van der Waals surface area contributed by atoms with Gasteiger partial charge in [-0.05, 0) is 42.7 Å². The largest absolute Gasteiger partial charge is 0.312 e. The summed E-state index contributed by atoms with van der Waals surface area (Å²) in [6.45, 7) is 0.473. The molecule has 4 rings (SSSR count). The van der Waals surface area contributed by atoms with Gasteiger partial charge < -0.3 is 4.98 Å². The van der Waals surface area contributed by atoms with Crippen molar-refractivity contribution in [2.75, 3.05) is 10.8 Å². The number of para-hydroxylation sites is 1. The summed E-state index contributed by atoms with van der Waals surface area (Å²) < 4.78 is 28.2. The zero-order valence-electron chi connectivity index (χ0n) is 12.2. The third-order valence-corrected chi connectivity index (χ3v) is 6.70. The van der Waals surface area contributed by atoms with Gasteiger partial charge in [0.1, 0.15) is 0 Å². The van der Waals surface area contributed by atoms with Crippen molar-refractivity contribution in [3.8, 4) is 0 Å². The van der Waals surface area contributed by atoms with Crippen LogP contribution in [0, 0.1) is 0 Å². The van der Waals surface area contributed by atoms with Crippen LogP contribution in [0.4, 0.5) is 5.69 Å². The van der Waals surface area contributed by atoms with Gasteiger partial charge in [0.15, 0.2) is 0 Å². The summed E-state index contributed by atoms with van der Waals surface area (Å²) >= 11 is 1.02. The molecule has 0 saturated carbocycles. The van der Waals surface area contributed by atoms with Crippen LogP contribution in [0.1, 0.15) is 12.0 Å². The van der Waals surface area contributed by atoms with Crippen LogP contribution < -0.4 is 9.18 Å². The molecule has 0 bridgehead atoms. The highest BCUT2D eigenvalue weighted by Crippen LogP contribution is 2.32. The number of aromatic amines is 1. The second-order valence-electron chi connectivity index (χ2n) is 5.48. The lowest BCUT2D eigenvalue weighted by molar-refractivity contribution is 0.586. The fourth-order valence-electron chi connectivity index (χ4n) is 2.96. The Bertz CT molecular complexity index is 1050.